The van der Waals surface area contributed by atoms with E-state index in [1.54, 1.807) is 0 Å². The summed E-state index contributed by atoms with van der Waals surface area (Å²) < 4.78 is 38.1. The molecule has 1 saturated heterocycles. The van der Waals surface area contributed by atoms with Crippen molar-refractivity contribution in [2.45, 2.75) is 32.0 Å². The first-order chi connectivity index (χ1) is 12.8. The molecule has 0 unspecified atom stereocenters. The molecule has 0 spiro atoms. The van der Waals surface area contributed by atoms with Gasteiger partial charge < -0.3 is 5.32 Å². The van der Waals surface area contributed by atoms with Crippen molar-refractivity contribution in [3.05, 3.63) is 47.5 Å². The average molecular weight is 380 g/mol. The lowest BCUT2D eigenvalue weighted by atomic mass is 9.85. The van der Waals surface area contributed by atoms with E-state index < -0.39 is 17.6 Å². The van der Waals surface area contributed by atoms with E-state index >= 15 is 0 Å². The summed E-state index contributed by atoms with van der Waals surface area (Å²) in [6.07, 6.45) is 0.321. The number of allylic oxidation sites excluding steroid dienone is 2. The van der Waals surface area contributed by atoms with Crippen LogP contribution in [0.5, 0.6) is 0 Å². The Morgan fingerprint density at radius 1 is 1.11 bits per heavy atom. The fraction of sp³-hybridized carbons (Fsp3) is 0.421. The third kappa shape index (κ3) is 4.20. The molecule has 1 aliphatic carbocycles. The summed E-state index contributed by atoms with van der Waals surface area (Å²) in [5.41, 5.74) is -0.456. The Labute approximate surface area is 154 Å². The van der Waals surface area contributed by atoms with Crippen LogP contribution in [0.3, 0.4) is 0 Å². The zero-order chi connectivity index (χ0) is 19.6. The third-order valence-electron chi connectivity index (χ3n) is 4.91. The summed E-state index contributed by atoms with van der Waals surface area (Å²) in [7, 11) is 0. The van der Waals surface area contributed by atoms with E-state index in [1.807, 2.05) is 12.2 Å². The Morgan fingerprint density at radius 3 is 2.33 bits per heavy atom. The van der Waals surface area contributed by atoms with E-state index in [4.69, 9.17) is 0 Å². The molecule has 0 aromatic heterocycles. The van der Waals surface area contributed by atoms with Crippen molar-refractivity contribution >= 4 is 17.7 Å². The van der Waals surface area contributed by atoms with Crippen LogP contribution in [0.4, 0.5) is 13.2 Å². The van der Waals surface area contributed by atoms with Crippen LogP contribution in [0.1, 0.15) is 30.4 Å². The first-order valence-electron chi connectivity index (χ1n) is 8.70. The number of nitrogens with one attached hydrogen (secondary N) is 1. The van der Waals surface area contributed by atoms with E-state index in [0.717, 1.165) is 17.0 Å². The first-order valence-corrected chi connectivity index (χ1v) is 8.70. The topological polar surface area (TPSA) is 66.5 Å². The van der Waals surface area contributed by atoms with Gasteiger partial charge in [0.1, 0.15) is 0 Å². The molecule has 2 atom stereocenters. The average Bonchev–Trinajstić information content (AvgIpc) is 2.89. The highest BCUT2D eigenvalue weighted by Gasteiger charge is 2.46. The molecule has 0 saturated carbocycles. The second kappa shape index (κ2) is 7.54. The maximum absolute atomic E-state index is 12.7. The van der Waals surface area contributed by atoms with Crippen LogP contribution in [-0.4, -0.2) is 29.2 Å². The molecule has 8 heteroatoms. The van der Waals surface area contributed by atoms with Gasteiger partial charge in [0.15, 0.2) is 0 Å². The molecule has 27 heavy (non-hydrogen) atoms. The Bertz CT molecular complexity index is 763. The number of carbonyl (C=O) groups is 3. The second-order valence-corrected chi connectivity index (χ2v) is 6.71. The molecule has 2 aliphatic rings. The van der Waals surface area contributed by atoms with Crippen LogP contribution in [0.25, 0.3) is 0 Å². The molecule has 1 aliphatic heterocycles. The number of hydrogen-bond acceptors (Lipinski definition) is 3. The number of amides is 3. The highest BCUT2D eigenvalue weighted by molar-refractivity contribution is 6.05. The zero-order valence-electron chi connectivity index (χ0n) is 14.5. The number of carbonyl (C=O) groups excluding carboxylic acids is 3. The number of fused-ring (bicyclic) bond motifs is 1. The summed E-state index contributed by atoms with van der Waals surface area (Å²) in [5.74, 6) is -1.60. The standard InChI is InChI=1S/C19H19F3N2O3/c20-19(21,22)13-5-3-4-12(10-13)11-23-16(25)8-9-24-17(26)14-6-1-2-7-15(14)18(24)27/h1-5,10,14-15H,6-9,11H2,(H,23,25)/t14-,15+. The third-order valence-corrected chi connectivity index (χ3v) is 4.91. The van der Waals surface area contributed by atoms with E-state index in [9.17, 15) is 27.6 Å². The van der Waals surface area contributed by atoms with Gasteiger partial charge >= 0.3 is 6.18 Å². The van der Waals surface area contributed by atoms with Gasteiger partial charge in [-0.25, -0.2) is 0 Å². The van der Waals surface area contributed by atoms with Crippen LogP contribution < -0.4 is 5.32 Å². The van der Waals surface area contributed by atoms with Crippen molar-refractivity contribution in [2.24, 2.45) is 11.8 Å². The number of hydrogen-bond donors (Lipinski definition) is 1. The molecule has 3 amide bonds. The van der Waals surface area contributed by atoms with Crippen LogP contribution in [-0.2, 0) is 27.1 Å². The van der Waals surface area contributed by atoms with Gasteiger partial charge in [-0.2, -0.15) is 13.2 Å². The quantitative estimate of drug-likeness (QED) is 0.631. The Kier molecular flexibility index (Phi) is 5.34. The molecule has 1 aromatic rings. The Balaban J connectivity index is 1.51. The molecule has 1 fully saturated rings. The van der Waals surface area contributed by atoms with Gasteiger partial charge in [0, 0.05) is 19.5 Å². The molecule has 0 radical (unpaired) electrons. The first kappa shape index (κ1) is 19.1. The van der Waals surface area contributed by atoms with Gasteiger partial charge in [0.2, 0.25) is 17.7 Å². The van der Waals surface area contributed by atoms with Crippen molar-refractivity contribution in [1.29, 1.82) is 0 Å². The zero-order valence-corrected chi connectivity index (χ0v) is 14.5. The SMILES string of the molecule is O=C(CCN1C(=O)[C@H]2CC=CC[C@H]2C1=O)NCc1cccc(C(F)(F)F)c1. The van der Waals surface area contributed by atoms with E-state index in [-0.39, 0.29) is 43.2 Å². The normalized spacial score (nSPS) is 22.1. The van der Waals surface area contributed by atoms with Gasteiger partial charge in [0.25, 0.3) is 0 Å². The molecule has 1 N–H and O–H groups in total. The minimum atomic E-state index is -4.44. The fourth-order valence-corrected chi connectivity index (χ4v) is 3.45. The van der Waals surface area contributed by atoms with Crippen molar-refractivity contribution in [2.75, 3.05) is 6.54 Å². The highest BCUT2D eigenvalue weighted by Crippen LogP contribution is 2.35. The number of likely N-dealkylation sites (tertiary alicyclic amines) is 1. The predicted molar refractivity (Wildman–Crippen MR) is 90.0 cm³/mol. The van der Waals surface area contributed by atoms with E-state index in [2.05, 4.69) is 5.32 Å². The molecule has 0 bridgehead atoms. The maximum atomic E-state index is 12.7. The monoisotopic (exact) mass is 380 g/mol. The Hall–Kier alpha value is -2.64. The summed E-state index contributed by atoms with van der Waals surface area (Å²) in [6.45, 7) is -0.0705. The number of halogens is 3. The summed E-state index contributed by atoms with van der Waals surface area (Å²) in [4.78, 5) is 37.7. The second-order valence-electron chi connectivity index (χ2n) is 6.71. The van der Waals surface area contributed by atoms with Crippen molar-refractivity contribution in [3.63, 3.8) is 0 Å². The molecule has 144 valence electrons. The van der Waals surface area contributed by atoms with Gasteiger partial charge in [0.05, 0.1) is 17.4 Å². The number of benzene rings is 1. The summed E-state index contributed by atoms with van der Waals surface area (Å²) in [6, 6.07) is 4.71. The number of alkyl halides is 3. The van der Waals surface area contributed by atoms with Crippen LogP contribution in [0.15, 0.2) is 36.4 Å². The molecule has 1 aromatic carbocycles. The summed E-state index contributed by atoms with van der Waals surface area (Å²) >= 11 is 0. The largest absolute Gasteiger partial charge is 0.416 e. The van der Waals surface area contributed by atoms with Crippen molar-refractivity contribution in [1.82, 2.24) is 10.2 Å². The lowest BCUT2D eigenvalue weighted by Crippen LogP contribution is -2.35. The predicted octanol–water partition coefficient (Wildman–Crippen LogP) is 2.66. The highest BCUT2D eigenvalue weighted by atomic mass is 19.4. The van der Waals surface area contributed by atoms with Crippen molar-refractivity contribution < 1.29 is 27.6 Å². The smallest absolute Gasteiger partial charge is 0.352 e. The van der Waals surface area contributed by atoms with E-state index in [1.165, 1.54) is 12.1 Å². The number of imide groups is 1. The van der Waals surface area contributed by atoms with Gasteiger partial charge in [-0.15, -0.1) is 0 Å². The minimum absolute atomic E-state index is 0.0148. The molecular weight excluding hydrogens is 361 g/mol. The number of nitrogens with zero attached hydrogens (tertiary/aromatic N) is 1. The van der Waals surface area contributed by atoms with Gasteiger partial charge in [-0.1, -0.05) is 24.3 Å². The molecule has 1 heterocycles. The minimum Gasteiger partial charge on any atom is -0.352 e. The number of rotatable bonds is 5. The van der Waals surface area contributed by atoms with Crippen molar-refractivity contribution in [3.8, 4) is 0 Å². The van der Waals surface area contributed by atoms with Gasteiger partial charge in [-0.05, 0) is 30.5 Å². The lowest BCUT2D eigenvalue weighted by molar-refractivity contribution is -0.140. The van der Waals surface area contributed by atoms with E-state index in [0.29, 0.717) is 18.4 Å². The fourth-order valence-electron chi connectivity index (χ4n) is 3.45. The molecular formula is C19H19F3N2O3. The molecule has 5 nitrogen and oxygen atoms in total. The lowest BCUT2D eigenvalue weighted by Gasteiger charge is -2.14. The van der Waals surface area contributed by atoms with Gasteiger partial charge in [-0.3, -0.25) is 19.3 Å². The van der Waals surface area contributed by atoms with Crippen LogP contribution in [0.2, 0.25) is 0 Å². The van der Waals surface area contributed by atoms with Crippen LogP contribution in [0, 0.1) is 11.8 Å². The molecule has 3 rings (SSSR count). The Morgan fingerprint density at radius 2 is 1.74 bits per heavy atom. The maximum Gasteiger partial charge on any atom is 0.416 e. The summed E-state index contributed by atoms with van der Waals surface area (Å²) in [5, 5.41) is 2.53. The van der Waals surface area contributed by atoms with Crippen LogP contribution >= 0.6 is 0 Å².